The highest BCUT2D eigenvalue weighted by atomic mass is 19.4. The van der Waals surface area contributed by atoms with Crippen LogP contribution in [0, 0.1) is 0 Å². The predicted octanol–water partition coefficient (Wildman–Crippen LogP) is 1.48. The van der Waals surface area contributed by atoms with Gasteiger partial charge >= 0.3 is 6.18 Å². The summed E-state index contributed by atoms with van der Waals surface area (Å²) in [4.78, 5) is 24.2. The van der Waals surface area contributed by atoms with Gasteiger partial charge in [-0.05, 0) is 18.2 Å². The van der Waals surface area contributed by atoms with Gasteiger partial charge in [0.1, 0.15) is 0 Å². The summed E-state index contributed by atoms with van der Waals surface area (Å²) >= 11 is 0. The van der Waals surface area contributed by atoms with Crippen molar-refractivity contribution in [2.24, 2.45) is 0 Å². The number of halogens is 3. The molecule has 2 amide bonds. The molecule has 0 radical (unpaired) electrons. The molecule has 1 heterocycles. The summed E-state index contributed by atoms with van der Waals surface area (Å²) < 4.78 is 38.5. The van der Waals surface area contributed by atoms with Gasteiger partial charge in [0.25, 0.3) is 5.91 Å². The summed E-state index contributed by atoms with van der Waals surface area (Å²) in [7, 11) is 0. The molecule has 1 saturated heterocycles. The molecule has 0 aromatic heterocycles. The Labute approximate surface area is 118 Å². The zero-order chi connectivity index (χ0) is 15.8. The third kappa shape index (κ3) is 3.52. The number of anilines is 1. The minimum atomic E-state index is -4.63. The number of carbonyl (C=O) groups is 2. The standard InChI is InChI=1S/C13H13F3N2O3/c1-7(19)17-10-3-8(2-9(4-10)13(14,15)16)12(21)18-5-11(20)6-18/h2-4,11,20H,5-6H2,1H3,(H,17,19). The van der Waals surface area contributed by atoms with E-state index in [1.165, 1.54) is 11.0 Å². The Kier molecular flexibility index (Phi) is 3.91. The lowest BCUT2D eigenvalue weighted by atomic mass is 10.0. The van der Waals surface area contributed by atoms with E-state index in [9.17, 15) is 22.8 Å². The summed E-state index contributed by atoms with van der Waals surface area (Å²) in [6, 6.07) is 2.69. The molecule has 0 spiro atoms. The topological polar surface area (TPSA) is 69.6 Å². The van der Waals surface area contributed by atoms with E-state index in [4.69, 9.17) is 5.11 Å². The van der Waals surface area contributed by atoms with Gasteiger partial charge < -0.3 is 15.3 Å². The van der Waals surface area contributed by atoms with Crippen LogP contribution in [0.25, 0.3) is 0 Å². The van der Waals surface area contributed by atoms with Crippen LogP contribution in [0.3, 0.4) is 0 Å². The van der Waals surface area contributed by atoms with Crippen LogP contribution in [0.5, 0.6) is 0 Å². The fraction of sp³-hybridized carbons (Fsp3) is 0.385. The van der Waals surface area contributed by atoms with Crippen LogP contribution >= 0.6 is 0 Å². The molecule has 0 atom stereocenters. The first-order valence-electron chi connectivity index (χ1n) is 6.14. The van der Waals surface area contributed by atoms with Gasteiger partial charge in [-0.3, -0.25) is 9.59 Å². The highest BCUT2D eigenvalue weighted by molar-refractivity contribution is 5.97. The number of rotatable bonds is 2. The first-order chi connectivity index (χ1) is 9.66. The Morgan fingerprint density at radius 1 is 1.29 bits per heavy atom. The third-order valence-electron chi connectivity index (χ3n) is 2.98. The highest BCUT2D eigenvalue weighted by Crippen LogP contribution is 2.32. The molecule has 1 aliphatic heterocycles. The van der Waals surface area contributed by atoms with Crippen molar-refractivity contribution in [3.8, 4) is 0 Å². The summed E-state index contributed by atoms with van der Waals surface area (Å²) in [5.74, 6) is -1.15. The van der Waals surface area contributed by atoms with E-state index < -0.39 is 29.7 Å². The SMILES string of the molecule is CC(=O)Nc1cc(C(=O)N2CC(O)C2)cc(C(F)(F)F)c1. The largest absolute Gasteiger partial charge is 0.416 e. The number of hydrogen-bond acceptors (Lipinski definition) is 3. The molecule has 0 bridgehead atoms. The number of hydrogen-bond donors (Lipinski definition) is 2. The number of nitrogens with zero attached hydrogens (tertiary/aromatic N) is 1. The van der Waals surface area contributed by atoms with E-state index in [-0.39, 0.29) is 24.3 Å². The van der Waals surface area contributed by atoms with E-state index >= 15 is 0 Å². The van der Waals surface area contributed by atoms with E-state index in [2.05, 4.69) is 5.32 Å². The minimum absolute atomic E-state index is 0.0878. The highest BCUT2D eigenvalue weighted by Gasteiger charge is 2.34. The second-order valence-electron chi connectivity index (χ2n) is 4.84. The number of nitrogens with one attached hydrogen (secondary N) is 1. The Hall–Kier alpha value is -2.09. The van der Waals surface area contributed by atoms with E-state index in [1.54, 1.807) is 0 Å². The molecule has 5 nitrogen and oxygen atoms in total. The van der Waals surface area contributed by atoms with Crippen LogP contribution in [0.4, 0.5) is 18.9 Å². The fourth-order valence-corrected chi connectivity index (χ4v) is 1.99. The number of benzene rings is 1. The molecule has 2 rings (SSSR count). The summed E-state index contributed by atoms with van der Waals surface area (Å²) in [5, 5.41) is 11.4. The zero-order valence-corrected chi connectivity index (χ0v) is 11.1. The van der Waals surface area contributed by atoms with E-state index in [1.807, 2.05) is 0 Å². The van der Waals surface area contributed by atoms with Crippen LogP contribution in [0.15, 0.2) is 18.2 Å². The summed E-state index contributed by atoms with van der Waals surface area (Å²) in [5.41, 5.74) is -1.29. The Morgan fingerprint density at radius 3 is 2.38 bits per heavy atom. The average Bonchev–Trinajstić information content (AvgIpc) is 2.32. The maximum Gasteiger partial charge on any atom is 0.416 e. The summed E-state index contributed by atoms with van der Waals surface area (Å²) in [6.07, 6.45) is -5.27. The minimum Gasteiger partial charge on any atom is -0.389 e. The van der Waals surface area contributed by atoms with Crippen LogP contribution in [0.2, 0.25) is 0 Å². The molecular formula is C13H13F3N2O3. The number of aliphatic hydroxyl groups is 1. The number of amides is 2. The molecule has 0 unspecified atom stereocenters. The van der Waals surface area contributed by atoms with Crippen LogP contribution in [0.1, 0.15) is 22.8 Å². The van der Waals surface area contributed by atoms with Gasteiger partial charge in [-0.15, -0.1) is 0 Å². The first-order valence-corrected chi connectivity index (χ1v) is 6.14. The lowest BCUT2D eigenvalue weighted by Crippen LogP contribution is -2.53. The molecule has 1 fully saturated rings. The third-order valence-corrected chi connectivity index (χ3v) is 2.98. The number of carbonyl (C=O) groups excluding carboxylic acids is 2. The van der Waals surface area contributed by atoms with Gasteiger partial charge in [-0.1, -0.05) is 0 Å². The maximum absolute atomic E-state index is 12.8. The van der Waals surface area contributed by atoms with Crippen molar-refractivity contribution in [3.63, 3.8) is 0 Å². The quantitative estimate of drug-likeness (QED) is 0.869. The lowest BCUT2D eigenvalue weighted by molar-refractivity contribution is -0.137. The van der Waals surface area contributed by atoms with Crippen molar-refractivity contribution in [3.05, 3.63) is 29.3 Å². The fourth-order valence-electron chi connectivity index (χ4n) is 1.99. The average molecular weight is 302 g/mol. The van der Waals surface area contributed by atoms with Crippen LogP contribution < -0.4 is 5.32 Å². The Bertz CT molecular complexity index is 581. The van der Waals surface area contributed by atoms with Crippen molar-refractivity contribution in [1.29, 1.82) is 0 Å². The number of likely N-dealkylation sites (tertiary alicyclic amines) is 1. The van der Waals surface area contributed by atoms with Crippen molar-refractivity contribution < 1.29 is 27.9 Å². The monoisotopic (exact) mass is 302 g/mol. The smallest absolute Gasteiger partial charge is 0.389 e. The molecular weight excluding hydrogens is 289 g/mol. The van der Waals surface area contributed by atoms with E-state index in [0.29, 0.717) is 0 Å². The van der Waals surface area contributed by atoms with Crippen LogP contribution in [-0.4, -0.2) is 41.0 Å². The molecule has 2 N–H and O–H groups in total. The number of β-amino-alcohol motifs (C(OH)–C–C–N with tert-alkyl or cyclic N) is 1. The second kappa shape index (κ2) is 5.36. The second-order valence-corrected chi connectivity index (χ2v) is 4.84. The predicted molar refractivity (Wildman–Crippen MR) is 67.7 cm³/mol. The normalized spacial score (nSPS) is 15.6. The van der Waals surface area contributed by atoms with E-state index in [0.717, 1.165) is 19.1 Å². The van der Waals surface area contributed by atoms with Gasteiger partial charge in [-0.2, -0.15) is 13.2 Å². The molecule has 1 aliphatic rings. The Morgan fingerprint density at radius 2 is 1.90 bits per heavy atom. The molecule has 1 aromatic rings. The number of aliphatic hydroxyl groups excluding tert-OH is 1. The molecule has 0 saturated carbocycles. The van der Waals surface area contributed by atoms with Gasteiger partial charge in [0.15, 0.2) is 0 Å². The summed E-state index contributed by atoms with van der Waals surface area (Å²) in [6.45, 7) is 1.34. The van der Waals surface area contributed by atoms with Crippen LogP contribution in [-0.2, 0) is 11.0 Å². The molecule has 21 heavy (non-hydrogen) atoms. The molecule has 1 aromatic carbocycles. The van der Waals surface area contributed by atoms with Crippen molar-refractivity contribution >= 4 is 17.5 Å². The van der Waals surface area contributed by atoms with Gasteiger partial charge in [0.05, 0.1) is 11.7 Å². The molecule has 8 heteroatoms. The zero-order valence-electron chi connectivity index (χ0n) is 11.1. The maximum atomic E-state index is 12.8. The lowest BCUT2D eigenvalue weighted by Gasteiger charge is -2.36. The Balaban J connectivity index is 2.35. The van der Waals surface area contributed by atoms with Gasteiger partial charge in [0, 0.05) is 31.3 Å². The number of alkyl halides is 3. The van der Waals surface area contributed by atoms with Crippen molar-refractivity contribution in [1.82, 2.24) is 4.90 Å². The van der Waals surface area contributed by atoms with Gasteiger partial charge in [-0.25, -0.2) is 0 Å². The van der Waals surface area contributed by atoms with Crippen molar-refractivity contribution in [2.45, 2.75) is 19.2 Å². The molecule has 114 valence electrons. The van der Waals surface area contributed by atoms with Gasteiger partial charge in [0.2, 0.25) is 5.91 Å². The first kappa shape index (κ1) is 15.3. The molecule has 0 aliphatic carbocycles. The van der Waals surface area contributed by atoms with Crippen molar-refractivity contribution in [2.75, 3.05) is 18.4 Å².